The molecule has 0 spiro atoms. The van der Waals surface area contributed by atoms with E-state index in [1.165, 1.54) is 89.9 Å². The van der Waals surface area contributed by atoms with Crippen LogP contribution >= 0.6 is 7.82 Å². The third kappa shape index (κ3) is 28.4. The van der Waals surface area contributed by atoms with Gasteiger partial charge < -0.3 is 39.9 Å². The van der Waals surface area contributed by atoms with Crippen molar-refractivity contribution in [2.45, 2.75) is 217 Å². The van der Waals surface area contributed by atoms with Crippen molar-refractivity contribution in [1.29, 1.82) is 0 Å². The van der Waals surface area contributed by atoms with Crippen molar-refractivity contribution in [2.75, 3.05) is 13.2 Å². The van der Waals surface area contributed by atoms with Crippen LogP contribution in [-0.2, 0) is 32.7 Å². The fraction of sp³-hybridized carbons (Fsp3) is 0.783. The Kier molecular flexibility index (Phi) is 33.8. The molecule has 0 saturated heterocycles. The van der Waals surface area contributed by atoms with Gasteiger partial charge in [-0.25, -0.2) is 4.57 Å². The molecule has 0 amide bonds. The summed E-state index contributed by atoms with van der Waals surface area (Å²) in [6, 6.07) is 0. The Labute approximate surface area is 360 Å². The van der Waals surface area contributed by atoms with Crippen LogP contribution in [0, 0.1) is 0 Å². The monoisotopic (exact) mass is 873 g/mol. The average Bonchev–Trinajstić information content (AvgIpc) is 3.23. The summed E-state index contributed by atoms with van der Waals surface area (Å²) >= 11 is 0. The van der Waals surface area contributed by atoms with Crippen molar-refractivity contribution in [3.63, 3.8) is 0 Å². The van der Waals surface area contributed by atoms with E-state index in [2.05, 4.69) is 44.2 Å². The Morgan fingerprint density at radius 2 is 0.933 bits per heavy atom. The molecule has 6 atom stereocenters. The van der Waals surface area contributed by atoms with Crippen LogP contribution in [0.1, 0.15) is 174 Å². The maximum Gasteiger partial charge on any atom is 0.472 e. The molecule has 1 saturated carbocycles. The fourth-order valence-corrected chi connectivity index (χ4v) is 7.68. The number of phosphoric acid groups is 1. The van der Waals surface area contributed by atoms with E-state index in [0.717, 1.165) is 38.5 Å². The number of ether oxygens (including phenoxy) is 2. The lowest BCUT2D eigenvalue weighted by atomic mass is 9.85. The van der Waals surface area contributed by atoms with Crippen molar-refractivity contribution in [3.05, 3.63) is 48.6 Å². The van der Waals surface area contributed by atoms with Crippen molar-refractivity contribution >= 4 is 19.8 Å². The molecule has 13 nitrogen and oxygen atoms in total. The van der Waals surface area contributed by atoms with E-state index in [-0.39, 0.29) is 12.8 Å². The zero-order valence-electron chi connectivity index (χ0n) is 36.7. The molecule has 0 bridgehead atoms. The van der Waals surface area contributed by atoms with Crippen molar-refractivity contribution in [1.82, 2.24) is 0 Å². The van der Waals surface area contributed by atoms with Crippen LogP contribution in [0.3, 0.4) is 0 Å². The maximum absolute atomic E-state index is 12.8. The zero-order chi connectivity index (χ0) is 44.3. The highest BCUT2D eigenvalue weighted by atomic mass is 31.2. The molecule has 0 aromatic carbocycles. The molecular weight excluding hydrogens is 791 g/mol. The van der Waals surface area contributed by atoms with Gasteiger partial charge in [-0.1, -0.05) is 165 Å². The lowest BCUT2D eigenvalue weighted by molar-refractivity contribution is -0.220. The van der Waals surface area contributed by atoms with E-state index in [1.807, 2.05) is 18.2 Å². The number of allylic oxidation sites excluding steroid dienone is 8. The number of carbonyl (C=O) groups is 2. The van der Waals surface area contributed by atoms with Crippen molar-refractivity contribution in [2.24, 2.45) is 0 Å². The molecule has 0 aliphatic heterocycles. The van der Waals surface area contributed by atoms with Crippen molar-refractivity contribution in [3.8, 4) is 0 Å². The fourth-order valence-electron chi connectivity index (χ4n) is 6.70. The van der Waals surface area contributed by atoms with Gasteiger partial charge in [-0.15, -0.1) is 0 Å². The Morgan fingerprint density at radius 3 is 1.43 bits per heavy atom. The SMILES string of the molecule is CCCCCCC=CCC=CCC=CCC=CCCC(=O)OC(COC(=O)CCCCCCCCCCCCCCCC)COP(=O)(O)OC1C(O)C(O)C(O)C(O)C1O. The second kappa shape index (κ2) is 36.3. The van der Waals surface area contributed by atoms with Crippen LogP contribution < -0.4 is 0 Å². The standard InChI is InChI=1S/C46H81O13P/c1-3-5-7-9-11-13-15-17-19-20-21-23-25-27-29-31-33-35-40(48)58-38(37-57-60(54,55)59-46-44(52)42(50)41(49)43(51)45(46)53)36-56-39(47)34-32-30-28-26-24-22-18-16-14-12-10-8-6-4-2/h13,15,19-20,23,25,29,31,38,41-46,49-53H,3-12,14,16-18,21-22,24,26-28,30,32-37H2,1-2H3,(H,54,55). The van der Waals surface area contributed by atoms with Gasteiger partial charge in [0.05, 0.1) is 6.61 Å². The van der Waals surface area contributed by atoms with Gasteiger partial charge in [0.25, 0.3) is 0 Å². The number of esters is 2. The molecule has 0 heterocycles. The second-order valence-corrected chi connectivity index (χ2v) is 17.3. The predicted molar refractivity (Wildman–Crippen MR) is 235 cm³/mol. The summed E-state index contributed by atoms with van der Waals surface area (Å²) in [5.41, 5.74) is 0. The van der Waals surface area contributed by atoms with Crippen LogP contribution in [0.4, 0.5) is 0 Å². The molecule has 14 heteroatoms. The Hall–Kier alpha value is -2.19. The smallest absolute Gasteiger partial charge is 0.462 e. The molecule has 6 unspecified atom stereocenters. The lowest BCUT2D eigenvalue weighted by Crippen LogP contribution is -2.64. The molecule has 0 radical (unpaired) electrons. The van der Waals surface area contributed by atoms with E-state index in [1.54, 1.807) is 0 Å². The van der Waals surface area contributed by atoms with Gasteiger partial charge in [0.15, 0.2) is 6.10 Å². The van der Waals surface area contributed by atoms with E-state index in [9.17, 15) is 44.6 Å². The number of hydrogen-bond acceptors (Lipinski definition) is 12. The molecule has 1 aliphatic carbocycles. The highest BCUT2D eigenvalue weighted by Gasteiger charge is 2.51. The predicted octanol–water partition coefficient (Wildman–Crippen LogP) is 8.78. The van der Waals surface area contributed by atoms with Crippen LogP contribution in [0.5, 0.6) is 0 Å². The van der Waals surface area contributed by atoms with Gasteiger partial charge in [-0.3, -0.25) is 18.6 Å². The topological polar surface area (TPSA) is 210 Å². The van der Waals surface area contributed by atoms with Gasteiger partial charge in [0.1, 0.15) is 43.2 Å². The molecule has 0 aromatic heterocycles. The van der Waals surface area contributed by atoms with Crippen LogP contribution in [0.2, 0.25) is 0 Å². The third-order valence-corrected chi connectivity index (χ3v) is 11.4. The molecular formula is C46H81O13P. The highest BCUT2D eigenvalue weighted by molar-refractivity contribution is 7.47. The minimum absolute atomic E-state index is 0.0234. The number of hydrogen-bond donors (Lipinski definition) is 6. The first-order chi connectivity index (χ1) is 28.9. The summed E-state index contributed by atoms with van der Waals surface area (Å²) in [6.07, 6.45) is 28.9. The first-order valence-electron chi connectivity index (χ1n) is 22.9. The first kappa shape index (κ1) is 55.8. The van der Waals surface area contributed by atoms with Gasteiger partial charge in [-0.2, -0.15) is 0 Å². The van der Waals surface area contributed by atoms with E-state index in [0.29, 0.717) is 19.3 Å². The Balaban J connectivity index is 2.52. The van der Waals surface area contributed by atoms with Gasteiger partial charge >= 0.3 is 19.8 Å². The maximum atomic E-state index is 12.8. The number of aliphatic hydroxyl groups is 5. The lowest BCUT2D eigenvalue weighted by Gasteiger charge is -2.41. The summed E-state index contributed by atoms with van der Waals surface area (Å²) in [7, 11) is -5.13. The summed E-state index contributed by atoms with van der Waals surface area (Å²) in [5.74, 6) is -1.19. The normalized spacial score (nSPS) is 22.6. The largest absolute Gasteiger partial charge is 0.472 e. The Bertz CT molecular complexity index is 1240. The van der Waals surface area contributed by atoms with E-state index in [4.69, 9.17) is 18.5 Å². The molecule has 1 aliphatic rings. The van der Waals surface area contributed by atoms with Crippen LogP contribution in [0.25, 0.3) is 0 Å². The number of unbranched alkanes of at least 4 members (excludes halogenated alkanes) is 17. The van der Waals surface area contributed by atoms with E-state index < -0.39 is 75.7 Å². The van der Waals surface area contributed by atoms with E-state index >= 15 is 0 Å². The summed E-state index contributed by atoms with van der Waals surface area (Å²) in [6.45, 7) is 3.22. The van der Waals surface area contributed by atoms with Crippen LogP contribution in [-0.4, -0.2) is 98.3 Å². The summed E-state index contributed by atoms with van der Waals surface area (Å²) < 4.78 is 33.4. The van der Waals surface area contributed by atoms with Gasteiger partial charge in [-0.05, 0) is 44.9 Å². The van der Waals surface area contributed by atoms with Crippen molar-refractivity contribution < 1.29 is 63.1 Å². The van der Waals surface area contributed by atoms with Gasteiger partial charge in [0, 0.05) is 12.8 Å². The molecule has 1 fully saturated rings. The third-order valence-electron chi connectivity index (χ3n) is 10.4. The highest BCUT2D eigenvalue weighted by Crippen LogP contribution is 2.47. The van der Waals surface area contributed by atoms with Gasteiger partial charge in [0.2, 0.25) is 0 Å². The molecule has 348 valence electrons. The quantitative estimate of drug-likeness (QED) is 0.0149. The zero-order valence-corrected chi connectivity index (χ0v) is 37.6. The first-order valence-corrected chi connectivity index (χ1v) is 24.4. The molecule has 60 heavy (non-hydrogen) atoms. The average molecular weight is 873 g/mol. The number of aliphatic hydroxyl groups excluding tert-OH is 5. The summed E-state index contributed by atoms with van der Waals surface area (Å²) in [5, 5.41) is 50.1. The Morgan fingerprint density at radius 1 is 0.517 bits per heavy atom. The van der Waals surface area contributed by atoms with Crippen LogP contribution in [0.15, 0.2) is 48.6 Å². The molecule has 0 aromatic rings. The minimum Gasteiger partial charge on any atom is -0.462 e. The summed E-state index contributed by atoms with van der Waals surface area (Å²) in [4.78, 5) is 35.6. The number of rotatable bonds is 37. The number of phosphoric ester groups is 1. The minimum atomic E-state index is -5.13. The molecule has 6 N–H and O–H groups in total. The molecule has 1 rings (SSSR count). The second-order valence-electron chi connectivity index (χ2n) is 15.9. The number of carbonyl (C=O) groups excluding carboxylic acids is 2.